The molecule has 0 amide bonds. The second-order valence-corrected chi connectivity index (χ2v) is 5.36. The third kappa shape index (κ3) is 4.02. The van der Waals surface area contributed by atoms with Gasteiger partial charge in [0.15, 0.2) is 17.2 Å². The Morgan fingerprint density at radius 2 is 2.17 bits per heavy atom. The van der Waals surface area contributed by atoms with Gasteiger partial charge in [-0.1, -0.05) is 0 Å². The Morgan fingerprint density at radius 1 is 1.48 bits per heavy atom. The third-order valence-electron chi connectivity index (χ3n) is 3.72. The van der Waals surface area contributed by atoms with Crippen LogP contribution in [0.5, 0.6) is 5.75 Å². The number of carbonyl (C=O) groups excluding carboxylic acids is 1. The maximum atomic E-state index is 12.6. The highest BCUT2D eigenvalue weighted by Crippen LogP contribution is 2.24. The van der Waals surface area contributed by atoms with E-state index >= 15 is 0 Å². The number of imidazole rings is 1. The van der Waals surface area contributed by atoms with E-state index in [1.807, 2.05) is 13.0 Å². The Bertz CT molecular complexity index is 669. The number of hydrogen-bond acceptors (Lipinski definition) is 5. The van der Waals surface area contributed by atoms with Crippen LogP contribution in [-0.2, 0) is 0 Å². The van der Waals surface area contributed by atoms with Crippen molar-refractivity contribution in [1.82, 2.24) is 9.38 Å². The number of ether oxygens (including phenoxy) is 1. The van der Waals surface area contributed by atoms with Gasteiger partial charge in [-0.15, -0.1) is 12.4 Å². The van der Waals surface area contributed by atoms with E-state index in [1.54, 1.807) is 30.5 Å². The zero-order valence-electron chi connectivity index (χ0n) is 13.5. The van der Waals surface area contributed by atoms with Gasteiger partial charge in [0.25, 0.3) is 0 Å². The van der Waals surface area contributed by atoms with Crippen LogP contribution in [0.3, 0.4) is 0 Å². The van der Waals surface area contributed by atoms with E-state index in [0.29, 0.717) is 29.4 Å². The maximum absolute atomic E-state index is 12.6. The molecule has 128 valence electrons. The van der Waals surface area contributed by atoms with Gasteiger partial charge in [0.2, 0.25) is 0 Å². The van der Waals surface area contributed by atoms with E-state index in [4.69, 9.17) is 4.74 Å². The number of hydrogen-bond donors (Lipinski definition) is 2. The molecule has 6 nitrogen and oxygen atoms in total. The number of nitrogens with zero attached hydrogens (tertiary/aromatic N) is 2. The highest BCUT2D eigenvalue weighted by molar-refractivity contribution is 5.97. The minimum absolute atomic E-state index is 0. The molecule has 0 aliphatic carbocycles. The smallest absolute Gasteiger partial charge is 0.181 e. The van der Waals surface area contributed by atoms with Gasteiger partial charge < -0.3 is 14.9 Å². The molecule has 2 atom stereocenters. The molecule has 2 heterocycles. The topological polar surface area (TPSA) is 84.1 Å². The van der Waals surface area contributed by atoms with Crippen LogP contribution in [-0.4, -0.2) is 44.7 Å². The van der Waals surface area contributed by atoms with Gasteiger partial charge in [-0.25, -0.2) is 4.98 Å². The Balaban J connectivity index is 0.00000264. The zero-order chi connectivity index (χ0) is 16.3. The van der Waals surface area contributed by atoms with E-state index < -0.39 is 12.0 Å². The number of aryl methyl sites for hydroxylation is 1. The van der Waals surface area contributed by atoms with Crippen molar-refractivity contribution in [2.75, 3.05) is 13.2 Å². The van der Waals surface area contributed by atoms with Crippen LogP contribution in [0, 0.1) is 12.8 Å². The molecule has 0 radical (unpaired) electrons. The molecule has 2 aromatic rings. The van der Waals surface area contributed by atoms with E-state index in [9.17, 15) is 15.0 Å². The summed E-state index contributed by atoms with van der Waals surface area (Å²) in [5.41, 5.74) is 1.68. The van der Waals surface area contributed by atoms with Gasteiger partial charge >= 0.3 is 0 Å². The summed E-state index contributed by atoms with van der Waals surface area (Å²) in [6.45, 7) is 5.52. The number of Topliss-reactive ketones (excluding diaryl/α,β-unsaturated/α-hetero) is 1. The predicted octanol–water partition coefficient (Wildman–Crippen LogP) is 2.03. The summed E-state index contributed by atoms with van der Waals surface area (Å²) < 4.78 is 7.24. The number of carbonyl (C=O) groups is 1. The van der Waals surface area contributed by atoms with Crippen LogP contribution in [0.1, 0.15) is 36.5 Å². The summed E-state index contributed by atoms with van der Waals surface area (Å²) in [5.74, 6) is -0.00694. The lowest BCUT2D eigenvalue weighted by Gasteiger charge is -2.16. The molecule has 0 aliphatic rings. The fraction of sp³-hybridized carbons (Fsp3) is 0.500. The third-order valence-corrected chi connectivity index (χ3v) is 3.72. The summed E-state index contributed by atoms with van der Waals surface area (Å²) in [5, 5.41) is 18.9. The molecule has 2 aromatic heterocycles. The average Bonchev–Trinajstić information content (AvgIpc) is 2.81. The average molecular weight is 343 g/mol. The highest BCUT2D eigenvalue weighted by Gasteiger charge is 2.24. The second-order valence-electron chi connectivity index (χ2n) is 5.36. The largest absolute Gasteiger partial charge is 0.490 e. The van der Waals surface area contributed by atoms with Crippen LogP contribution >= 0.6 is 12.4 Å². The molecule has 0 fully saturated rings. The normalized spacial score (nSPS) is 13.4. The molecule has 7 heteroatoms. The summed E-state index contributed by atoms with van der Waals surface area (Å²) >= 11 is 0. The molecule has 0 spiro atoms. The lowest BCUT2D eigenvalue weighted by molar-refractivity contribution is 0.0643. The van der Waals surface area contributed by atoms with Crippen LogP contribution in [0.25, 0.3) is 5.65 Å². The fourth-order valence-corrected chi connectivity index (χ4v) is 2.48. The highest BCUT2D eigenvalue weighted by atomic mass is 35.5. The lowest BCUT2D eigenvalue weighted by atomic mass is 9.96. The number of fused-ring (bicyclic) bond motifs is 1. The molecule has 0 saturated carbocycles. The molecule has 0 unspecified atom stereocenters. The van der Waals surface area contributed by atoms with Crippen molar-refractivity contribution in [1.29, 1.82) is 0 Å². The number of aliphatic hydroxyl groups excluding tert-OH is 2. The molecule has 0 saturated heterocycles. The van der Waals surface area contributed by atoms with E-state index in [-0.39, 0.29) is 31.2 Å². The van der Waals surface area contributed by atoms with Gasteiger partial charge in [0.05, 0.1) is 18.4 Å². The first-order valence-electron chi connectivity index (χ1n) is 7.42. The fourth-order valence-electron chi connectivity index (χ4n) is 2.48. The summed E-state index contributed by atoms with van der Waals surface area (Å²) in [6, 6.07) is 3.61. The Morgan fingerprint density at radius 3 is 2.74 bits per heavy atom. The van der Waals surface area contributed by atoms with Gasteiger partial charge in [-0.3, -0.25) is 9.20 Å². The van der Waals surface area contributed by atoms with Gasteiger partial charge in [-0.05, 0) is 32.9 Å². The van der Waals surface area contributed by atoms with Crippen molar-refractivity contribution in [2.45, 2.75) is 33.3 Å². The Kier molecular flexibility index (Phi) is 7.00. The monoisotopic (exact) mass is 342 g/mol. The molecular weight excluding hydrogens is 320 g/mol. The number of halogens is 1. The van der Waals surface area contributed by atoms with Crippen molar-refractivity contribution in [3.05, 3.63) is 29.7 Å². The van der Waals surface area contributed by atoms with Crippen molar-refractivity contribution in [3.8, 4) is 5.75 Å². The number of aliphatic hydroxyl groups is 2. The van der Waals surface area contributed by atoms with Crippen LogP contribution in [0.15, 0.2) is 18.3 Å². The van der Waals surface area contributed by atoms with Crippen LogP contribution in [0.2, 0.25) is 0 Å². The Labute approximate surface area is 141 Å². The number of ketones is 1. The number of aromatic nitrogens is 2. The standard InChI is InChI=1S/C16H22N2O4.ClH/c1-4-22-14-6-5-7-18-15(10(2)17-16(14)18)13(21)8-12(9-19)11(3)20;/h5-7,11-12,19-20H,4,8-9H2,1-3H3;1H/t11-,12-;/m0./s1. The zero-order valence-corrected chi connectivity index (χ0v) is 14.3. The van der Waals surface area contributed by atoms with Gasteiger partial charge in [-0.2, -0.15) is 0 Å². The molecule has 2 rings (SSSR count). The summed E-state index contributed by atoms with van der Waals surface area (Å²) in [4.78, 5) is 17.0. The molecule has 0 aliphatic heterocycles. The van der Waals surface area contributed by atoms with Crippen molar-refractivity contribution >= 4 is 23.8 Å². The molecule has 23 heavy (non-hydrogen) atoms. The van der Waals surface area contributed by atoms with Gasteiger partial charge in [0.1, 0.15) is 5.69 Å². The minimum Gasteiger partial charge on any atom is -0.490 e. The maximum Gasteiger partial charge on any atom is 0.181 e. The molecule has 0 bridgehead atoms. The SMILES string of the molecule is CCOc1cccn2c(C(=O)C[C@@H](CO)[C@H](C)O)c(C)nc12.Cl. The lowest BCUT2D eigenvalue weighted by Crippen LogP contribution is -2.24. The molecule has 2 N–H and O–H groups in total. The number of pyridine rings is 1. The van der Waals surface area contributed by atoms with Crippen molar-refractivity contribution in [3.63, 3.8) is 0 Å². The Hall–Kier alpha value is -1.63. The quantitative estimate of drug-likeness (QED) is 0.752. The van der Waals surface area contributed by atoms with Crippen LogP contribution in [0.4, 0.5) is 0 Å². The summed E-state index contributed by atoms with van der Waals surface area (Å²) in [6.07, 6.45) is 1.09. The first-order chi connectivity index (χ1) is 10.5. The first kappa shape index (κ1) is 19.4. The summed E-state index contributed by atoms with van der Waals surface area (Å²) in [7, 11) is 0. The molecule has 0 aromatic carbocycles. The van der Waals surface area contributed by atoms with E-state index in [2.05, 4.69) is 4.98 Å². The molecular formula is C16H23ClN2O4. The predicted molar refractivity (Wildman–Crippen MR) is 89.6 cm³/mol. The van der Waals surface area contributed by atoms with Gasteiger partial charge in [0, 0.05) is 25.1 Å². The van der Waals surface area contributed by atoms with Crippen LogP contribution < -0.4 is 4.74 Å². The first-order valence-corrected chi connectivity index (χ1v) is 7.42. The minimum atomic E-state index is -0.743. The second kappa shape index (κ2) is 8.29. The van der Waals surface area contributed by atoms with Crippen molar-refractivity contribution < 1.29 is 19.7 Å². The van der Waals surface area contributed by atoms with E-state index in [0.717, 1.165) is 0 Å². The number of rotatable bonds is 7. The van der Waals surface area contributed by atoms with E-state index in [1.165, 1.54) is 0 Å². The van der Waals surface area contributed by atoms with Crippen molar-refractivity contribution in [2.24, 2.45) is 5.92 Å².